The number of amides is 1. The van der Waals surface area contributed by atoms with E-state index < -0.39 is 18.0 Å². The van der Waals surface area contributed by atoms with E-state index in [-0.39, 0.29) is 6.61 Å². The number of anilines is 1. The lowest BCUT2D eigenvalue weighted by molar-refractivity contribution is -0.155. The summed E-state index contributed by atoms with van der Waals surface area (Å²) in [6, 6.07) is 23.9. The van der Waals surface area contributed by atoms with Crippen molar-refractivity contribution >= 4 is 29.2 Å². The summed E-state index contributed by atoms with van der Waals surface area (Å²) in [5, 5.41) is 3.21. The van der Waals surface area contributed by atoms with Gasteiger partial charge in [0, 0.05) is 11.3 Å². The Morgan fingerprint density at radius 1 is 0.931 bits per heavy atom. The first-order valence-electron chi connectivity index (χ1n) is 9.06. The molecule has 1 amide bonds. The van der Waals surface area contributed by atoms with Crippen LogP contribution in [-0.4, -0.2) is 24.6 Å². The second kappa shape index (κ2) is 9.75. The number of nitrogens with one attached hydrogen (secondary N) is 1. The van der Waals surface area contributed by atoms with Gasteiger partial charge in [0.1, 0.15) is 5.75 Å². The molecule has 0 aliphatic rings. The molecule has 3 rings (SSSR count). The summed E-state index contributed by atoms with van der Waals surface area (Å²) < 4.78 is 10.5. The Morgan fingerprint density at radius 2 is 1.59 bits per heavy atom. The highest BCUT2D eigenvalue weighted by Gasteiger charge is 2.19. The molecule has 0 fully saturated rings. The van der Waals surface area contributed by atoms with E-state index in [2.05, 4.69) is 5.32 Å². The summed E-state index contributed by atoms with van der Waals surface area (Å²) in [7, 11) is 0. The van der Waals surface area contributed by atoms with Crippen LogP contribution in [0.15, 0.2) is 78.9 Å². The van der Waals surface area contributed by atoms with Gasteiger partial charge in [-0.1, -0.05) is 72.3 Å². The normalized spacial score (nSPS) is 11.4. The Labute approximate surface area is 174 Å². The monoisotopic (exact) mass is 409 g/mol. The van der Waals surface area contributed by atoms with Gasteiger partial charge >= 0.3 is 5.97 Å². The average Bonchev–Trinajstić information content (AvgIpc) is 2.74. The first-order valence-corrected chi connectivity index (χ1v) is 9.44. The van der Waals surface area contributed by atoms with Crippen molar-refractivity contribution < 1.29 is 19.1 Å². The number of carbonyl (C=O) groups is 2. The zero-order valence-electron chi connectivity index (χ0n) is 15.8. The Kier molecular flexibility index (Phi) is 6.87. The second-order valence-electron chi connectivity index (χ2n) is 6.25. The molecule has 29 heavy (non-hydrogen) atoms. The van der Waals surface area contributed by atoms with Crippen LogP contribution >= 0.6 is 11.6 Å². The summed E-state index contributed by atoms with van der Waals surface area (Å²) in [5.74, 6) is -0.719. The van der Waals surface area contributed by atoms with Crippen LogP contribution in [-0.2, 0) is 14.3 Å². The molecule has 0 saturated heterocycles. The highest BCUT2D eigenvalue weighted by Crippen LogP contribution is 2.27. The maximum Gasteiger partial charge on any atom is 0.344 e. The molecule has 0 saturated carbocycles. The molecule has 0 unspecified atom stereocenters. The van der Waals surface area contributed by atoms with Crippen molar-refractivity contribution in [3.63, 3.8) is 0 Å². The van der Waals surface area contributed by atoms with Crippen molar-refractivity contribution in [2.45, 2.75) is 13.0 Å². The number of rotatable bonds is 7. The molecular weight excluding hydrogens is 390 g/mol. The van der Waals surface area contributed by atoms with E-state index in [0.717, 1.165) is 11.1 Å². The van der Waals surface area contributed by atoms with Gasteiger partial charge in [-0.2, -0.15) is 0 Å². The van der Waals surface area contributed by atoms with Crippen molar-refractivity contribution in [3.8, 4) is 16.9 Å². The van der Waals surface area contributed by atoms with Crippen LogP contribution in [0.5, 0.6) is 5.75 Å². The van der Waals surface area contributed by atoms with Gasteiger partial charge in [0.2, 0.25) is 0 Å². The highest BCUT2D eigenvalue weighted by molar-refractivity contribution is 6.32. The Morgan fingerprint density at radius 3 is 2.34 bits per heavy atom. The molecule has 0 aromatic heterocycles. The lowest BCUT2D eigenvalue weighted by atomic mass is 10.0. The van der Waals surface area contributed by atoms with E-state index in [4.69, 9.17) is 21.1 Å². The summed E-state index contributed by atoms with van der Waals surface area (Å²) >= 11 is 5.98. The Bertz CT molecular complexity index is 991. The van der Waals surface area contributed by atoms with E-state index in [1.54, 1.807) is 30.3 Å². The third kappa shape index (κ3) is 5.59. The van der Waals surface area contributed by atoms with Gasteiger partial charge in [-0.25, -0.2) is 4.79 Å². The van der Waals surface area contributed by atoms with Crippen LogP contribution in [0.25, 0.3) is 11.1 Å². The number of hydrogen-bond acceptors (Lipinski definition) is 4. The van der Waals surface area contributed by atoms with Gasteiger partial charge in [0.25, 0.3) is 5.91 Å². The van der Waals surface area contributed by atoms with Gasteiger partial charge in [0.15, 0.2) is 12.7 Å². The third-order valence-electron chi connectivity index (χ3n) is 4.13. The fourth-order valence-corrected chi connectivity index (χ4v) is 2.87. The minimum absolute atomic E-state index is 0.345. The lowest BCUT2D eigenvalue weighted by Gasteiger charge is -2.16. The topological polar surface area (TPSA) is 64.6 Å². The molecule has 1 atom stereocenters. The van der Waals surface area contributed by atoms with Gasteiger partial charge < -0.3 is 14.8 Å². The Hall–Kier alpha value is -3.31. The van der Waals surface area contributed by atoms with Crippen LogP contribution in [0.4, 0.5) is 5.69 Å². The van der Waals surface area contributed by atoms with E-state index in [1.165, 1.54) is 6.92 Å². The van der Waals surface area contributed by atoms with E-state index in [9.17, 15) is 9.59 Å². The van der Waals surface area contributed by atoms with Gasteiger partial charge in [-0.3, -0.25) is 4.79 Å². The fourth-order valence-electron chi connectivity index (χ4n) is 2.68. The predicted octanol–water partition coefficient (Wildman–Crippen LogP) is 4.96. The van der Waals surface area contributed by atoms with Gasteiger partial charge in [-0.05, 0) is 30.7 Å². The van der Waals surface area contributed by atoms with Gasteiger partial charge in [0.05, 0.1) is 5.02 Å². The van der Waals surface area contributed by atoms with E-state index in [1.807, 2.05) is 48.5 Å². The number of esters is 1. The first-order chi connectivity index (χ1) is 14.0. The molecule has 0 aliphatic heterocycles. The summed E-state index contributed by atoms with van der Waals surface area (Å²) in [6.45, 7) is 1.16. The minimum Gasteiger partial charge on any atom is -0.480 e. The number of halogens is 1. The molecule has 1 N–H and O–H groups in total. The van der Waals surface area contributed by atoms with Crippen molar-refractivity contribution in [2.75, 3.05) is 11.9 Å². The Balaban J connectivity index is 1.59. The SMILES string of the molecule is C[C@H](OC(=O)COc1ccccc1Cl)C(=O)Nc1ccccc1-c1ccccc1. The number of benzene rings is 3. The van der Waals surface area contributed by atoms with Crippen LogP contribution in [0.1, 0.15) is 6.92 Å². The van der Waals surface area contributed by atoms with Gasteiger partial charge in [-0.15, -0.1) is 0 Å². The molecule has 3 aromatic rings. The van der Waals surface area contributed by atoms with Crippen molar-refractivity contribution in [3.05, 3.63) is 83.9 Å². The van der Waals surface area contributed by atoms with Crippen LogP contribution < -0.4 is 10.1 Å². The fraction of sp³-hybridized carbons (Fsp3) is 0.130. The lowest BCUT2D eigenvalue weighted by Crippen LogP contribution is -2.31. The molecule has 0 aliphatic carbocycles. The number of ether oxygens (including phenoxy) is 2. The smallest absolute Gasteiger partial charge is 0.344 e. The number of para-hydroxylation sites is 2. The van der Waals surface area contributed by atoms with Crippen molar-refractivity contribution in [1.82, 2.24) is 0 Å². The molecule has 0 radical (unpaired) electrons. The molecule has 148 valence electrons. The molecule has 3 aromatic carbocycles. The summed E-state index contributed by atoms with van der Waals surface area (Å²) in [4.78, 5) is 24.5. The van der Waals surface area contributed by atoms with Crippen LogP contribution in [0, 0.1) is 0 Å². The number of carbonyl (C=O) groups excluding carboxylic acids is 2. The maximum absolute atomic E-state index is 12.5. The van der Waals surface area contributed by atoms with Crippen molar-refractivity contribution in [1.29, 1.82) is 0 Å². The van der Waals surface area contributed by atoms with Crippen molar-refractivity contribution in [2.24, 2.45) is 0 Å². The summed E-state index contributed by atoms with van der Waals surface area (Å²) in [5.41, 5.74) is 2.49. The predicted molar refractivity (Wildman–Crippen MR) is 113 cm³/mol. The average molecular weight is 410 g/mol. The minimum atomic E-state index is -0.985. The highest BCUT2D eigenvalue weighted by atomic mass is 35.5. The van der Waals surface area contributed by atoms with Crippen LogP contribution in [0.3, 0.4) is 0 Å². The quantitative estimate of drug-likeness (QED) is 0.560. The third-order valence-corrected chi connectivity index (χ3v) is 4.44. The van der Waals surface area contributed by atoms with E-state index in [0.29, 0.717) is 16.5 Å². The molecule has 5 nitrogen and oxygen atoms in total. The standard InChI is InChI=1S/C23H20ClNO4/c1-16(29-22(26)15-28-21-14-8-6-12-19(21)24)23(27)25-20-13-7-5-11-18(20)17-9-3-2-4-10-17/h2-14,16H,15H2,1H3,(H,25,27)/t16-/m0/s1. The largest absolute Gasteiger partial charge is 0.480 e. The van der Waals surface area contributed by atoms with Crippen LogP contribution in [0.2, 0.25) is 5.02 Å². The molecule has 0 spiro atoms. The number of hydrogen-bond donors (Lipinski definition) is 1. The molecular formula is C23H20ClNO4. The summed E-state index contributed by atoms with van der Waals surface area (Å²) in [6.07, 6.45) is -0.985. The molecule has 0 heterocycles. The second-order valence-corrected chi connectivity index (χ2v) is 6.66. The van der Waals surface area contributed by atoms with E-state index >= 15 is 0 Å². The maximum atomic E-state index is 12.5. The molecule has 0 bridgehead atoms. The zero-order valence-corrected chi connectivity index (χ0v) is 16.6. The first kappa shape index (κ1) is 20.4. The molecule has 6 heteroatoms. The zero-order chi connectivity index (χ0) is 20.6.